The summed E-state index contributed by atoms with van der Waals surface area (Å²) in [5.74, 6) is 2.57. The predicted molar refractivity (Wildman–Crippen MR) is 185 cm³/mol. The normalized spacial score (nSPS) is 23.9. The van der Waals surface area contributed by atoms with Crippen molar-refractivity contribution >= 4 is 23.5 Å². The summed E-state index contributed by atoms with van der Waals surface area (Å²) < 4.78 is 0. The third-order valence-corrected chi connectivity index (χ3v) is 12.2. The van der Waals surface area contributed by atoms with E-state index in [0.717, 1.165) is 0 Å². The van der Waals surface area contributed by atoms with Crippen LogP contribution in [0.15, 0.2) is 0 Å². The molecule has 0 aromatic carbocycles. The fourth-order valence-corrected chi connectivity index (χ4v) is 8.75. The van der Waals surface area contributed by atoms with Gasteiger partial charge in [0.25, 0.3) is 0 Å². The summed E-state index contributed by atoms with van der Waals surface area (Å²) >= 11 is 4.01. The fourth-order valence-electron chi connectivity index (χ4n) is 7.91. The zero-order valence-electron chi connectivity index (χ0n) is 29.1. The predicted octanol–water partition coefficient (Wildman–Crippen LogP) is 7.96. The van der Waals surface area contributed by atoms with E-state index in [-0.39, 0.29) is 22.2 Å². The van der Waals surface area contributed by atoms with Gasteiger partial charge >= 0.3 is 0 Å². The number of piperidine rings is 2. The molecule has 238 valence electrons. The Morgan fingerprint density at radius 1 is 0.500 bits per heavy atom. The van der Waals surface area contributed by atoms with Gasteiger partial charge in [0.2, 0.25) is 0 Å². The Bertz CT molecular complexity index is 627. The van der Waals surface area contributed by atoms with E-state index >= 15 is 0 Å². The first-order valence-corrected chi connectivity index (χ1v) is 19.3. The molecule has 2 fully saturated rings. The van der Waals surface area contributed by atoms with Gasteiger partial charge in [0.15, 0.2) is 0 Å². The SMILES string of the molecule is CSCCCN(CCCCCCN(CCCSC)C1CC(C)(C)N(C)C(C)(C)C1)C1CC(C)(C)N(C)C(C)(C)C1. The van der Waals surface area contributed by atoms with Crippen molar-refractivity contribution in [2.75, 3.05) is 64.3 Å². The van der Waals surface area contributed by atoms with E-state index in [0.29, 0.717) is 12.1 Å². The van der Waals surface area contributed by atoms with Crippen LogP contribution in [0, 0.1) is 0 Å². The molecular weight excluding hydrogens is 529 g/mol. The lowest BCUT2D eigenvalue weighted by atomic mass is 9.76. The minimum Gasteiger partial charge on any atom is -0.300 e. The summed E-state index contributed by atoms with van der Waals surface area (Å²) in [6, 6.07) is 1.43. The van der Waals surface area contributed by atoms with Crippen LogP contribution < -0.4 is 0 Å². The molecule has 2 rings (SSSR count). The van der Waals surface area contributed by atoms with Crippen molar-refractivity contribution < 1.29 is 0 Å². The lowest BCUT2D eigenvalue weighted by Gasteiger charge is -2.56. The average molecular weight is 599 g/mol. The molecule has 0 atom stereocenters. The van der Waals surface area contributed by atoms with Gasteiger partial charge in [-0.15, -0.1) is 0 Å². The van der Waals surface area contributed by atoms with E-state index in [2.05, 4.69) is 102 Å². The molecule has 0 aromatic rings. The van der Waals surface area contributed by atoms with E-state index in [1.165, 1.54) is 102 Å². The number of nitrogens with zero attached hydrogens (tertiary/aromatic N) is 4. The van der Waals surface area contributed by atoms with Gasteiger partial charge in [-0.3, -0.25) is 9.80 Å². The minimum absolute atomic E-state index is 0.265. The maximum Gasteiger partial charge on any atom is 0.0170 e. The second kappa shape index (κ2) is 16.0. The molecule has 0 radical (unpaired) electrons. The molecule has 0 aromatic heterocycles. The maximum absolute atomic E-state index is 2.89. The smallest absolute Gasteiger partial charge is 0.0170 e. The Morgan fingerprint density at radius 3 is 1.05 bits per heavy atom. The van der Waals surface area contributed by atoms with E-state index in [1.807, 2.05) is 23.5 Å². The number of hydrogen-bond donors (Lipinski definition) is 0. The first kappa shape index (κ1) is 36.7. The summed E-state index contributed by atoms with van der Waals surface area (Å²) in [6.07, 6.45) is 17.8. The molecule has 2 saturated heterocycles. The zero-order valence-corrected chi connectivity index (χ0v) is 30.7. The van der Waals surface area contributed by atoms with Crippen LogP contribution in [0.25, 0.3) is 0 Å². The molecule has 2 aliphatic heterocycles. The summed E-state index contributed by atoms with van der Waals surface area (Å²) in [7, 11) is 4.68. The molecular formula is C34H70N4S2. The lowest BCUT2D eigenvalue weighted by Crippen LogP contribution is -2.62. The summed E-state index contributed by atoms with van der Waals surface area (Å²) in [5.41, 5.74) is 1.06. The maximum atomic E-state index is 2.89. The van der Waals surface area contributed by atoms with Gasteiger partial charge in [-0.05, 0) is 171 Å². The highest BCUT2D eigenvalue weighted by atomic mass is 32.2. The Kier molecular flexibility index (Phi) is 14.7. The number of rotatable bonds is 17. The highest BCUT2D eigenvalue weighted by Gasteiger charge is 2.45. The van der Waals surface area contributed by atoms with E-state index in [9.17, 15) is 0 Å². The van der Waals surface area contributed by atoms with Gasteiger partial charge in [0.05, 0.1) is 0 Å². The van der Waals surface area contributed by atoms with Gasteiger partial charge in [-0.25, -0.2) is 0 Å². The first-order chi connectivity index (χ1) is 18.6. The van der Waals surface area contributed by atoms with Gasteiger partial charge in [0, 0.05) is 34.2 Å². The Hall–Kier alpha value is 0.540. The van der Waals surface area contributed by atoms with Crippen LogP contribution in [0.3, 0.4) is 0 Å². The van der Waals surface area contributed by atoms with Gasteiger partial charge < -0.3 is 9.80 Å². The number of unbranched alkanes of at least 4 members (excludes halogenated alkanes) is 3. The van der Waals surface area contributed by atoms with Crippen LogP contribution in [0.2, 0.25) is 0 Å². The van der Waals surface area contributed by atoms with Gasteiger partial charge in [-0.2, -0.15) is 23.5 Å². The molecule has 0 amide bonds. The molecule has 6 heteroatoms. The monoisotopic (exact) mass is 599 g/mol. The number of hydrogen-bond acceptors (Lipinski definition) is 6. The first-order valence-electron chi connectivity index (χ1n) is 16.5. The fraction of sp³-hybridized carbons (Fsp3) is 1.00. The quantitative estimate of drug-likeness (QED) is 0.156. The van der Waals surface area contributed by atoms with Crippen LogP contribution in [0.5, 0.6) is 0 Å². The highest BCUT2D eigenvalue weighted by Crippen LogP contribution is 2.40. The van der Waals surface area contributed by atoms with E-state index in [4.69, 9.17) is 0 Å². The summed E-state index contributed by atoms with van der Waals surface area (Å²) in [6.45, 7) is 24.8. The highest BCUT2D eigenvalue weighted by molar-refractivity contribution is 7.98. The van der Waals surface area contributed by atoms with Gasteiger partial charge in [0.1, 0.15) is 0 Å². The average Bonchev–Trinajstić information content (AvgIpc) is 2.85. The summed E-state index contributed by atoms with van der Waals surface area (Å²) in [4.78, 5) is 11.1. The van der Waals surface area contributed by atoms with Crippen molar-refractivity contribution in [2.24, 2.45) is 0 Å². The number of likely N-dealkylation sites (tertiary alicyclic amines) is 2. The molecule has 2 aliphatic rings. The molecule has 0 N–H and O–H groups in total. The van der Waals surface area contributed by atoms with Crippen LogP contribution in [-0.2, 0) is 0 Å². The Labute approximate surface area is 260 Å². The zero-order chi connectivity index (χ0) is 30.2. The van der Waals surface area contributed by atoms with Crippen LogP contribution >= 0.6 is 23.5 Å². The third-order valence-electron chi connectivity index (χ3n) is 10.8. The molecule has 0 aliphatic carbocycles. The Balaban J connectivity index is 1.91. The van der Waals surface area contributed by atoms with E-state index < -0.39 is 0 Å². The van der Waals surface area contributed by atoms with Crippen molar-refractivity contribution in [3.05, 3.63) is 0 Å². The van der Waals surface area contributed by atoms with Crippen molar-refractivity contribution in [3.8, 4) is 0 Å². The summed E-state index contributed by atoms with van der Waals surface area (Å²) in [5, 5.41) is 0. The lowest BCUT2D eigenvalue weighted by molar-refractivity contribution is -0.0486. The minimum atomic E-state index is 0.265. The van der Waals surface area contributed by atoms with Crippen LogP contribution in [-0.4, -0.2) is 118 Å². The molecule has 0 bridgehead atoms. The third kappa shape index (κ3) is 10.6. The van der Waals surface area contributed by atoms with Crippen LogP contribution in [0.4, 0.5) is 0 Å². The van der Waals surface area contributed by atoms with E-state index in [1.54, 1.807) is 0 Å². The van der Waals surface area contributed by atoms with Crippen molar-refractivity contribution in [2.45, 2.75) is 154 Å². The molecule has 4 nitrogen and oxygen atoms in total. The second-order valence-corrected chi connectivity index (χ2v) is 17.6. The molecule has 40 heavy (non-hydrogen) atoms. The van der Waals surface area contributed by atoms with Crippen molar-refractivity contribution in [1.82, 2.24) is 19.6 Å². The largest absolute Gasteiger partial charge is 0.300 e. The second-order valence-electron chi connectivity index (χ2n) is 15.7. The molecule has 0 unspecified atom stereocenters. The van der Waals surface area contributed by atoms with Crippen LogP contribution in [0.1, 0.15) is 120 Å². The number of thioether (sulfide) groups is 2. The van der Waals surface area contributed by atoms with Gasteiger partial charge in [-0.1, -0.05) is 12.8 Å². The van der Waals surface area contributed by atoms with Crippen molar-refractivity contribution in [3.63, 3.8) is 0 Å². The Morgan fingerprint density at radius 2 is 0.775 bits per heavy atom. The molecule has 0 spiro atoms. The molecule has 2 heterocycles. The topological polar surface area (TPSA) is 13.0 Å². The van der Waals surface area contributed by atoms with Crippen molar-refractivity contribution in [1.29, 1.82) is 0 Å². The standard InChI is InChI=1S/C34H70N4S2/c1-31(2)25-29(26-32(3,4)35(31)9)37(21-17-23-39-11)19-15-13-14-16-20-38(22-18-24-40-12)30-27-33(5,6)36(10)34(7,8)28-30/h29-30H,13-28H2,1-12H3. The molecule has 0 saturated carbocycles.